The number of carbonyl (C=O) groups excluding carboxylic acids is 1. The molecule has 0 spiro atoms. The van der Waals surface area contributed by atoms with Gasteiger partial charge in [0.25, 0.3) is 5.91 Å². The third-order valence-corrected chi connectivity index (χ3v) is 5.08. The predicted octanol–water partition coefficient (Wildman–Crippen LogP) is 3.46. The summed E-state index contributed by atoms with van der Waals surface area (Å²) in [5, 5.41) is 10.4. The number of aryl methyl sites for hydroxylation is 1. The summed E-state index contributed by atoms with van der Waals surface area (Å²) < 4.78 is 0. The minimum Gasteiger partial charge on any atom is -0.480 e. The lowest BCUT2D eigenvalue weighted by Crippen LogP contribution is -2.37. The fourth-order valence-corrected chi connectivity index (χ4v) is 3.49. The number of benzene rings is 1. The number of carboxylic acid groups (broad SMARTS) is 1. The fourth-order valence-electron chi connectivity index (χ4n) is 2.34. The largest absolute Gasteiger partial charge is 0.480 e. The molecule has 120 valence electrons. The number of carbonyl (C=O) groups is 2. The SMILES string of the molecule is Cc1nc(-c2ccc(Cl)cc2)sc1C(=O)N(CC(=O)O)C1CC1. The number of hydrogen-bond donors (Lipinski definition) is 1. The van der Waals surface area contributed by atoms with E-state index in [1.54, 1.807) is 19.1 Å². The number of thiazole rings is 1. The molecule has 1 saturated carbocycles. The fraction of sp³-hybridized carbons (Fsp3) is 0.312. The van der Waals surface area contributed by atoms with E-state index < -0.39 is 5.97 Å². The second-order valence-corrected chi connectivity index (χ2v) is 6.93. The quantitative estimate of drug-likeness (QED) is 0.896. The van der Waals surface area contributed by atoms with Crippen LogP contribution in [0.1, 0.15) is 28.2 Å². The molecule has 23 heavy (non-hydrogen) atoms. The molecule has 0 atom stereocenters. The maximum absolute atomic E-state index is 12.7. The summed E-state index contributed by atoms with van der Waals surface area (Å²) in [6, 6.07) is 7.29. The molecule has 1 aliphatic carbocycles. The van der Waals surface area contributed by atoms with Gasteiger partial charge in [-0.1, -0.05) is 23.7 Å². The summed E-state index contributed by atoms with van der Waals surface area (Å²) in [5.74, 6) is -1.24. The standard InChI is InChI=1S/C16H15ClN2O3S/c1-9-14(16(22)19(8-13(20)21)12-6-7-12)23-15(18-9)10-2-4-11(17)5-3-10/h2-5,12H,6-8H2,1H3,(H,20,21). The number of aliphatic carboxylic acids is 1. The Labute approximate surface area is 142 Å². The van der Waals surface area contributed by atoms with Crippen molar-refractivity contribution in [2.24, 2.45) is 0 Å². The van der Waals surface area contributed by atoms with Crippen molar-refractivity contribution in [3.8, 4) is 10.6 Å². The molecule has 1 fully saturated rings. The Kier molecular flexibility index (Phi) is 4.37. The number of carboxylic acids is 1. The van der Waals surface area contributed by atoms with Crippen LogP contribution in [0.25, 0.3) is 10.6 Å². The summed E-state index contributed by atoms with van der Waals surface area (Å²) in [5.41, 5.74) is 1.51. The van der Waals surface area contributed by atoms with Gasteiger partial charge in [-0.3, -0.25) is 9.59 Å². The van der Waals surface area contributed by atoms with E-state index in [2.05, 4.69) is 4.98 Å². The molecule has 1 aromatic heterocycles. The van der Waals surface area contributed by atoms with Crippen molar-refractivity contribution >= 4 is 34.8 Å². The van der Waals surface area contributed by atoms with E-state index in [0.717, 1.165) is 23.4 Å². The van der Waals surface area contributed by atoms with E-state index in [-0.39, 0.29) is 18.5 Å². The summed E-state index contributed by atoms with van der Waals surface area (Å²) in [6.07, 6.45) is 1.72. The molecular formula is C16H15ClN2O3S. The lowest BCUT2D eigenvalue weighted by Gasteiger charge is -2.19. The van der Waals surface area contributed by atoms with E-state index in [1.807, 2.05) is 12.1 Å². The zero-order chi connectivity index (χ0) is 16.6. The van der Waals surface area contributed by atoms with Crippen molar-refractivity contribution in [2.45, 2.75) is 25.8 Å². The molecule has 1 aliphatic rings. The van der Waals surface area contributed by atoms with Crippen LogP contribution in [0.2, 0.25) is 5.02 Å². The Morgan fingerprint density at radius 2 is 2.00 bits per heavy atom. The van der Waals surface area contributed by atoms with Crippen LogP contribution in [0.5, 0.6) is 0 Å². The van der Waals surface area contributed by atoms with Crippen LogP contribution >= 0.6 is 22.9 Å². The van der Waals surface area contributed by atoms with Crippen molar-refractivity contribution in [1.82, 2.24) is 9.88 Å². The van der Waals surface area contributed by atoms with Crippen LogP contribution in [-0.2, 0) is 4.79 Å². The maximum atomic E-state index is 12.7. The van der Waals surface area contributed by atoms with Crippen LogP contribution < -0.4 is 0 Å². The van der Waals surface area contributed by atoms with Gasteiger partial charge in [0.05, 0.1) is 5.69 Å². The van der Waals surface area contributed by atoms with E-state index in [0.29, 0.717) is 15.6 Å². The molecule has 7 heteroatoms. The minimum absolute atomic E-state index is 0.0408. The third-order valence-electron chi connectivity index (χ3n) is 3.64. The molecule has 2 aromatic rings. The molecule has 0 unspecified atom stereocenters. The molecule has 1 heterocycles. The molecule has 5 nitrogen and oxygen atoms in total. The molecular weight excluding hydrogens is 336 g/mol. The minimum atomic E-state index is -0.995. The highest BCUT2D eigenvalue weighted by Gasteiger charge is 2.35. The highest BCUT2D eigenvalue weighted by atomic mass is 35.5. The van der Waals surface area contributed by atoms with Gasteiger partial charge in [-0.15, -0.1) is 11.3 Å². The van der Waals surface area contributed by atoms with Crippen LogP contribution in [0.3, 0.4) is 0 Å². The number of aromatic nitrogens is 1. The average Bonchev–Trinajstić information content (AvgIpc) is 3.27. The number of hydrogen-bond acceptors (Lipinski definition) is 4. The Hall–Kier alpha value is -1.92. The number of halogens is 1. The van der Waals surface area contributed by atoms with Gasteiger partial charge in [-0.25, -0.2) is 4.98 Å². The van der Waals surface area contributed by atoms with Gasteiger partial charge in [0, 0.05) is 16.6 Å². The predicted molar refractivity (Wildman–Crippen MR) is 89.0 cm³/mol. The molecule has 1 amide bonds. The Morgan fingerprint density at radius 3 is 2.57 bits per heavy atom. The summed E-state index contributed by atoms with van der Waals surface area (Å²) in [4.78, 5) is 30.1. The molecule has 1 aromatic carbocycles. The monoisotopic (exact) mass is 350 g/mol. The van der Waals surface area contributed by atoms with E-state index in [9.17, 15) is 9.59 Å². The van der Waals surface area contributed by atoms with Crippen molar-refractivity contribution in [2.75, 3.05) is 6.54 Å². The van der Waals surface area contributed by atoms with Gasteiger partial charge in [0.2, 0.25) is 0 Å². The van der Waals surface area contributed by atoms with E-state index in [4.69, 9.17) is 16.7 Å². The van der Waals surface area contributed by atoms with Crippen molar-refractivity contribution in [3.63, 3.8) is 0 Å². The molecule has 1 N–H and O–H groups in total. The van der Waals surface area contributed by atoms with Gasteiger partial charge in [0.15, 0.2) is 0 Å². The van der Waals surface area contributed by atoms with Gasteiger partial charge in [0.1, 0.15) is 16.4 Å². The van der Waals surface area contributed by atoms with Crippen LogP contribution in [0.15, 0.2) is 24.3 Å². The topological polar surface area (TPSA) is 70.5 Å². The van der Waals surface area contributed by atoms with Crippen molar-refractivity contribution in [3.05, 3.63) is 39.9 Å². The van der Waals surface area contributed by atoms with Gasteiger partial charge < -0.3 is 10.0 Å². The van der Waals surface area contributed by atoms with E-state index in [1.165, 1.54) is 16.2 Å². The van der Waals surface area contributed by atoms with Gasteiger partial charge in [-0.05, 0) is 31.9 Å². The van der Waals surface area contributed by atoms with E-state index >= 15 is 0 Å². The summed E-state index contributed by atoms with van der Waals surface area (Å²) in [6.45, 7) is 1.51. The zero-order valence-corrected chi connectivity index (χ0v) is 14.0. The number of nitrogens with zero attached hydrogens (tertiary/aromatic N) is 2. The molecule has 3 rings (SSSR count). The molecule has 0 radical (unpaired) electrons. The highest BCUT2D eigenvalue weighted by Crippen LogP contribution is 2.33. The average molecular weight is 351 g/mol. The van der Waals surface area contributed by atoms with Gasteiger partial charge >= 0.3 is 5.97 Å². The van der Waals surface area contributed by atoms with Crippen LogP contribution in [-0.4, -0.2) is 39.5 Å². The first-order valence-corrected chi connectivity index (χ1v) is 8.41. The summed E-state index contributed by atoms with van der Waals surface area (Å²) in [7, 11) is 0. The molecule has 0 saturated heterocycles. The first-order chi connectivity index (χ1) is 11.0. The van der Waals surface area contributed by atoms with Crippen molar-refractivity contribution < 1.29 is 14.7 Å². The van der Waals surface area contributed by atoms with Crippen molar-refractivity contribution in [1.29, 1.82) is 0 Å². The third kappa shape index (κ3) is 3.54. The van der Waals surface area contributed by atoms with Crippen LogP contribution in [0.4, 0.5) is 0 Å². The van der Waals surface area contributed by atoms with Crippen LogP contribution in [0, 0.1) is 6.92 Å². The normalized spacial score (nSPS) is 13.8. The Balaban J connectivity index is 1.89. The summed E-state index contributed by atoms with van der Waals surface area (Å²) >= 11 is 7.17. The lowest BCUT2D eigenvalue weighted by atomic mass is 10.2. The second kappa shape index (κ2) is 6.29. The Morgan fingerprint density at radius 1 is 1.35 bits per heavy atom. The second-order valence-electron chi connectivity index (χ2n) is 5.50. The lowest BCUT2D eigenvalue weighted by molar-refractivity contribution is -0.137. The zero-order valence-electron chi connectivity index (χ0n) is 12.5. The number of rotatable bonds is 5. The first kappa shape index (κ1) is 16.0. The first-order valence-electron chi connectivity index (χ1n) is 7.22. The van der Waals surface area contributed by atoms with Gasteiger partial charge in [-0.2, -0.15) is 0 Å². The Bertz CT molecular complexity index is 753. The number of amides is 1. The molecule has 0 bridgehead atoms. The molecule has 0 aliphatic heterocycles. The highest BCUT2D eigenvalue weighted by molar-refractivity contribution is 7.17. The maximum Gasteiger partial charge on any atom is 0.323 e. The smallest absolute Gasteiger partial charge is 0.323 e.